The zero-order valence-corrected chi connectivity index (χ0v) is 14.6. The van der Waals surface area contributed by atoms with Gasteiger partial charge in [-0.15, -0.1) is 0 Å². The number of nitrogens with zero attached hydrogens (tertiary/aromatic N) is 2. The third-order valence-electron chi connectivity index (χ3n) is 4.23. The van der Waals surface area contributed by atoms with Crippen LogP contribution in [0.2, 0.25) is 0 Å². The molecule has 1 aliphatic heterocycles. The Balaban J connectivity index is 1.72. The smallest absolute Gasteiger partial charge is 0.307 e. The highest BCUT2D eigenvalue weighted by Gasteiger charge is 2.27. The maximum Gasteiger partial charge on any atom is 0.307 e. The third kappa shape index (κ3) is 3.85. The molecule has 0 bridgehead atoms. The zero-order chi connectivity index (χ0) is 18.5. The number of hydrogen-bond donors (Lipinski definition) is 2. The average Bonchev–Trinajstić information content (AvgIpc) is 3.31. The van der Waals surface area contributed by atoms with Crippen LogP contribution in [0.1, 0.15) is 22.7 Å². The maximum absolute atomic E-state index is 12.4. The van der Waals surface area contributed by atoms with Crippen LogP contribution in [0, 0.1) is 11.3 Å². The van der Waals surface area contributed by atoms with E-state index in [1.165, 1.54) is 13.4 Å². The third-order valence-corrected chi connectivity index (χ3v) is 4.23. The molecular weight excluding hydrogens is 336 g/mol. The van der Waals surface area contributed by atoms with Crippen LogP contribution in [0.3, 0.4) is 0 Å². The van der Waals surface area contributed by atoms with Gasteiger partial charge in [0.25, 0.3) is 5.89 Å². The van der Waals surface area contributed by atoms with Gasteiger partial charge in [-0.05, 0) is 24.6 Å². The number of ether oxygens (including phenoxy) is 2. The zero-order valence-electron chi connectivity index (χ0n) is 14.6. The summed E-state index contributed by atoms with van der Waals surface area (Å²) in [5.74, 6) is 0.141. The van der Waals surface area contributed by atoms with Crippen LogP contribution in [-0.4, -0.2) is 50.3 Å². The van der Waals surface area contributed by atoms with E-state index >= 15 is 0 Å². The molecule has 1 fully saturated rings. The first kappa shape index (κ1) is 17.9. The van der Waals surface area contributed by atoms with Gasteiger partial charge in [0.15, 0.2) is 0 Å². The second kappa shape index (κ2) is 7.99. The lowest BCUT2D eigenvalue weighted by Gasteiger charge is -2.10. The van der Waals surface area contributed by atoms with E-state index in [1.54, 1.807) is 25.3 Å². The Hall–Kier alpha value is -2.89. The van der Waals surface area contributed by atoms with Crippen molar-refractivity contribution in [1.29, 1.82) is 5.26 Å². The fraction of sp³-hybridized carbons (Fsp3) is 0.389. The maximum atomic E-state index is 12.4. The van der Waals surface area contributed by atoms with Crippen LogP contribution >= 0.6 is 0 Å². The van der Waals surface area contributed by atoms with Crippen LogP contribution in [0.15, 0.2) is 28.9 Å². The minimum Gasteiger partial charge on any atom is -0.496 e. The van der Waals surface area contributed by atoms with E-state index in [1.807, 2.05) is 0 Å². The molecule has 136 valence electrons. The Bertz CT molecular complexity index is 827. The molecule has 8 heteroatoms. The fourth-order valence-corrected chi connectivity index (χ4v) is 2.98. The summed E-state index contributed by atoms with van der Waals surface area (Å²) in [7, 11) is 3.18. The summed E-state index contributed by atoms with van der Waals surface area (Å²) in [6.45, 7) is 1.27. The highest BCUT2D eigenvalue weighted by Crippen LogP contribution is 2.30. The highest BCUT2D eigenvalue weighted by molar-refractivity contribution is 5.90. The lowest BCUT2D eigenvalue weighted by atomic mass is 10.1. The van der Waals surface area contributed by atoms with E-state index in [0.717, 1.165) is 6.42 Å². The Kier molecular flexibility index (Phi) is 5.51. The normalized spacial score (nSPS) is 19.1. The molecule has 2 atom stereocenters. The number of benzene rings is 1. The van der Waals surface area contributed by atoms with Crippen molar-refractivity contribution in [3.63, 3.8) is 0 Å². The predicted molar refractivity (Wildman–Crippen MR) is 92.7 cm³/mol. The van der Waals surface area contributed by atoms with E-state index in [2.05, 4.69) is 21.7 Å². The molecule has 8 nitrogen and oxygen atoms in total. The first-order valence-corrected chi connectivity index (χ1v) is 8.21. The molecular formula is C18H20N4O4. The Morgan fingerprint density at radius 3 is 3.08 bits per heavy atom. The quantitative estimate of drug-likeness (QED) is 0.803. The van der Waals surface area contributed by atoms with E-state index in [4.69, 9.17) is 19.2 Å². The SMILES string of the molecule is COC[C@@H]1C[C@@H](NC(=O)c2nc(-c3cc(C#N)ccc3OC)co2)CN1. The summed E-state index contributed by atoms with van der Waals surface area (Å²) in [5.41, 5.74) is 1.50. The number of carbonyl (C=O) groups is 1. The van der Waals surface area contributed by atoms with Crippen LogP contribution in [-0.2, 0) is 4.74 Å². The summed E-state index contributed by atoms with van der Waals surface area (Å²) < 4.78 is 15.7. The van der Waals surface area contributed by atoms with Crippen LogP contribution in [0.4, 0.5) is 0 Å². The van der Waals surface area contributed by atoms with Gasteiger partial charge in [-0.3, -0.25) is 4.79 Å². The van der Waals surface area contributed by atoms with Crippen molar-refractivity contribution in [3.05, 3.63) is 35.9 Å². The topological polar surface area (TPSA) is 109 Å². The van der Waals surface area contributed by atoms with Gasteiger partial charge in [0.1, 0.15) is 17.7 Å². The van der Waals surface area contributed by atoms with Crippen molar-refractivity contribution in [2.75, 3.05) is 27.4 Å². The Morgan fingerprint density at radius 2 is 2.35 bits per heavy atom. The Morgan fingerprint density at radius 1 is 1.50 bits per heavy atom. The minimum atomic E-state index is -0.378. The first-order valence-electron chi connectivity index (χ1n) is 8.21. The number of amides is 1. The van der Waals surface area contributed by atoms with Gasteiger partial charge in [0.05, 0.1) is 25.3 Å². The number of oxazole rings is 1. The largest absolute Gasteiger partial charge is 0.496 e. The molecule has 0 saturated carbocycles. The predicted octanol–water partition coefficient (Wildman–Crippen LogP) is 1.33. The van der Waals surface area contributed by atoms with Crippen molar-refractivity contribution in [2.24, 2.45) is 0 Å². The van der Waals surface area contributed by atoms with Gasteiger partial charge in [-0.25, -0.2) is 4.98 Å². The fourth-order valence-electron chi connectivity index (χ4n) is 2.98. The standard InChI is InChI=1S/C18H20N4O4/c1-24-9-13-6-12(8-20-13)21-17(23)18-22-15(10-26-18)14-5-11(7-19)3-4-16(14)25-2/h3-5,10,12-13,20H,6,8-9H2,1-2H3,(H,21,23)/t12-,13+/m1/s1. The van der Waals surface area contributed by atoms with Gasteiger partial charge in [0, 0.05) is 31.3 Å². The average molecular weight is 356 g/mol. The number of rotatable bonds is 6. The van der Waals surface area contributed by atoms with Gasteiger partial charge in [0.2, 0.25) is 0 Å². The van der Waals surface area contributed by atoms with Crippen molar-refractivity contribution in [3.8, 4) is 23.1 Å². The van der Waals surface area contributed by atoms with Crippen LogP contribution < -0.4 is 15.4 Å². The van der Waals surface area contributed by atoms with Crippen molar-refractivity contribution >= 4 is 5.91 Å². The van der Waals surface area contributed by atoms with E-state index in [9.17, 15) is 4.79 Å². The molecule has 26 heavy (non-hydrogen) atoms. The van der Waals surface area contributed by atoms with Crippen LogP contribution in [0.5, 0.6) is 5.75 Å². The second-order valence-electron chi connectivity index (χ2n) is 6.03. The number of nitriles is 1. The number of aromatic nitrogens is 1. The molecule has 2 N–H and O–H groups in total. The number of hydrogen-bond acceptors (Lipinski definition) is 7. The molecule has 2 heterocycles. The molecule has 3 rings (SSSR count). The molecule has 1 saturated heterocycles. The summed E-state index contributed by atoms with van der Waals surface area (Å²) in [6, 6.07) is 7.27. The molecule has 0 aliphatic carbocycles. The first-order chi connectivity index (χ1) is 12.6. The molecule has 1 aliphatic rings. The molecule has 0 spiro atoms. The minimum absolute atomic E-state index is 0.00514. The molecule has 1 aromatic heterocycles. The van der Waals surface area contributed by atoms with E-state index in [0.29, 0.717) is 35.7 Å². The van der Waals surface area contributed by atoms with Crippen molar-refractivity contribution < 1.29 is 18.7 Å². The molecule has 0 radical (unpaired) electrons. The second-order valence-corrected chi connectivity index (χ2v) is 6.03. The van der Waals surface area contributed by atoms with E-state index in [-0.39, 0.29) is 23.9 Å². The summed E-state index contributed by atoms with van der Waals surface area (Å²) in [5, 5.41) is 15.3. The van der Waals surface area contributed by atoms with Gasteiger partial charge < -0.3 is 24.5 Å². The molecule has 1 aromatic carbocycles. The van der Waals surface area contributed by atoms with Crippen LogP contribution in [0.25, 0.3) is 11.3 Å². The van der Waals surface area contributed by atoms with E-state index < -0.39 is 0 Å². The summed E-state index contributed by atoms with van der Waals surface area (Å²) in [6.07, 6.45) is 2.17. The summed E-state index contributed by atoms with van der Waals surface area (Å²) in [4.78, 5) is 16.6. The lowest BCUT2D eigenvalue weighted by Crippen LogP contribution is -2.36. The van der Waals surface area contributed by atoms with Crippen molar-refractivity contribution in [1.82, 2.24) is 15.6 Å². The Labute approximate surface area is 151 Å². The van der Waals surface area contributed by atoms with Gasteiger partial charge in [-0.1, -0.05) is 0 Å². The number of nitrogens with one attached hydrogen (secondary N) is 2. The van der Waals surface area contributed by atoms with Gasteiger partial charge >= 0.3 is 5.91 Å². The monoisotopic (exact) mass is 356 g/mol. The lowest BCUT2D eigenvalue weighted by molar-refractivity contribution is 0.0903. The van der Waals surface area contributed by atoms with Gasteiger partial charge in [-0.2, -0.15) is 5.26 Å². The molecule has 2 aromatic rings. The number of methoxy groups -OCH3 is 2. The summed E-state index contributed by atoms with van der Waals surface area (Å²) >= 11 is 0. The number of carbonyl (C=O) groups excluding carboxylic acids is 1. The highest BCUT2D eigenvalue weighted by atomic mass is 16.5. The molecule has 1 amide bonds. The van der Waals surface area contributed by atoms with Crippen molar-refractivity contribution in [2.45, 2.75) is 18.5 Å². The molecule has 0 unspecified atom stereocenters.